The second kappa shape index (κ2) is 6.60. The van der Waals surface area contributed by atoms with Crippen LogP contribution in [-0.4, -0.2) is 53.4 Å². The zero-order valence-corrected chi connectivity index (χ0v) is 13.5. The number of benzene rings is 1. The highest BCUT2D eigenvalue weighted by atomic mass is 32.2. The van der Waals surface area contributed by atoms with Gasteiger partial charge in [0.2, 0.25) is 11.8 Å². The number of nitrogens with zero attached hydrogens (tertiary/aromatic N) is 2. The molecule has 22 heavy (non-hydrogen) atoms. The van der Waals surface area contributed by atoms with Crippen LogP contribution in [0.1, 0.15) is 24.4 Å². The largest absolute Gasteiger partial charge is 0.497 e. The molecule has 1 aromatic rings. The Morgan fingerprint density at radius 3 is 3.05 bits per heavy atom. The van der Waals surface area contributed by atoms with E-state index in [1.54, 1.807) is 23.8 Å². The number of carbonyl (C=O) groups excluding carboxylic acids is 2. The summed E-state index contributed by atoms with van der Waals surface area (Å²) in [6.45, 7) is 0.961. The van der Waals surface area contributed by atoms with Gasteiger partial charge in [-0.15, -0.1) is 11.8 Å². The molecule has 3 rings (SSSR count). The van der Waals surface area contributed by atoms with E-state index in [1.807, 2.05) is 29.2 Å². The van der Waals surface area contributed by atoms with Gasteiger partial charge >= 0.3 is 0 Å². The van der Waals surface area contributed by atoms with Gasteiger partial charge in [0.1, 0.15) is 12.3 Å². The van der Waals surface area contributed by atoms with E-state index in [4.69, 9.17) is 4.74 Å². The van der Waals surface area contributed by atoms with Crippen molar-refractivity contribution in [2.75, 3.05) is 31.8 Å². The number of hydrogen-bond donors (Lipinski definition) is 0. The van der Waals surface area contributed by atoms with Crippen LogP contribution in [0.5, 0.6) is 5.75 Å². The maximum atomic E-state index is 12.6. The van der Waals surface area contributed by atoms with Crippen molar-refractivity contribution >= 4 is 23.6 Å². The van der Waals surface area contributed by atoms with Crippen LogP contribution in [0.2, 0.25) is 0 Å². The van der Waals surface area contributed by atoms with Crippen molar-refractivity contribution in [2.24, 2.45) is 0 Å². The fourth-order valence-corrected chi connectivity index (χ4v) is 3.96. The summed E-state index contributed by atoms with van der Waals surface area (Å²) in [7, 11) is 1.65. The lowest BCUT2D eigenvalue weighted by atomic mass is 10.0. The molecule has 2 aliphatic heterocycles. The van der Waals surface area contributed by atoms with Crippen molar-refractivity contribution in [2.45, 2.75) is 18.9 Å². The highest BCUT2D eigenvalue weighted by molar-refractivity contribution is 8.00. The lowest BCUT2D eigenvalue weighted by Gasteiger charge is -2.27. The van der Waals surface area contributed by atoms with Crippen LogP contribution < -0.4 is 4.74 Å². The van der Waals surface area contributed by atoms with Crippen LogP contribution >= 0.6 is 11.8 Å². The fraction of sp³-hybridized carbons (Fsp3) is 0.500. The third kappa shape index (κ3) is 3.06. The molecule has 2 saturated heterocycles. The number of amides is 2. The van der Waals surface area contributed by atoms with E-state index in [1.165, 1.54) is 0 Å². The van der Waals surface area contributed by atoms with E-state index in [2.05, 4.69) is 0 Å². The molecule has 0 bridgehead atoms. The minimum Gasteiger partial charge on any atom is -0.497 e. The smallest absolute Gasteiger partial charge is 0.242 e. The predicted molar refractivity (Wildman–Crippen MR) is 85.7 cm³/mol. The number of thioether (sulfide) groups is 1. The summed E-state index contributed by atoms with van der Waals surface area (Å²) in [6, 6.07) is 7.98. The summed E-state index contributed by atoms with van der Waals surface area (Å²) in [5.74, 6) is 2.04. The van der Waals surface area contributed by atoms with Gasteiger partial charge < -0.3 is 14.5 Å². The van der Waals surface area contributed by atoms with E-state index in [-0.39, 0.29) is 24.4 Å². The Bertz CT molecular complexity index is 578. The van der Waals surface area contributed by atoms with Gasteiger partial charge in [0.15, 0.2) is 0 Å². The van der Waals surface area contributed by atoms with E-state index in [9.17, 15) is 9.59 Å². The second-order valence-electron chi connectivity index (χ2n) is 5.59. The molecule has 1 unspecified atom stereocenters. The molecule has 0 saturated carbocycles. The highest BCUT2D eigenvalue weighted by Crippen LogP contribution is 2.33. The van der Waals surface area contributed by atoms with Crippen molar-refractivity contribution in [3.05, 3.63) is 29.8 Å². The molecule has 2 amide bonds. The number of likely N-dealkylation sites (tertiary alicyclic amines) is 1. The summed E-state index contributed by atoms with van der Waals surface area (Å²) < 4.78 is 5.27. The van der Waals surface area contributed by atoms with Gasteiger partial charge in [-0.3, -0.25) is 9.59 Å². The molecule has 2 fully saturated rings. The molecule has 0 aliphatic carbocycles. The van der Waals surface area contributed by atoms with E-state index < -0.39 is 0 Å². The van der Waals surface area contributed by atoms with Crippen molar-refractivity contribution in [1.29, 1.82) is 0 Å². The van der Waals surface area contributed by atoms with E-state index in [0.29, 0.717) is 11.6 Å². The molecular formula is C16H20N2O3S. The molecule has 0 N–H and O–H groups in total. The molecule has 0 aromatic heterocycles. The van der Waals surface area contributed by atoms with E-state index in [0.717, 1.165) is 30.7 Å². The molecule has 6 heteroatoms. The summed E-state index contributed by atoms with van der Waals surface area (Å²) in [5, 5.41) is 0. The van der Waals surface area contributed by atoms with Gasteiger partial charge in [0.25, 0.3) is 0 Å². The van der Waals surface area contributed by atoms with Crippen LogP contribution in [-0.2, 0) is 9.59 Å². The first kappa shape index (κ1) is 15.2. The monoisotopic (exact) mass is 320 g/mol. The van der Waals surface area contributed by atoms with Crippen molar-refractivity contribution in [1.82, 2.24) is 9.80 Å². The lowest BCUT2D eigenvalue weighted by molar-refractivity contribution is -0.138. The topological polar surface area (TPSA) is 49.9 Å². The van der Waals surface area contributed by atoms with Gasteiger partial charge in [-0.25, -0.2) is 0 Å². The molecule has 118 valence electrons. The molecule has 1 atom stereocenters. The van der Waals surface area contributed by atoms with Crippen LogP contribution in [0.25, 0.3) is 0 Å². The molecule has 0 radical (unpaired) electrons. The van der Waals surface area contributed by atoms with Crippen molar-refractivity contribution in [3.63, 3.8) is 0 Å². The predicted octanol–water partition coefficient (Wildman–Crippen LogP) is 1.89. The third-order valence-electron chi connectivity index (χ3n) is 4.20. The first-order chi connectivity index (χ1) is 10.7. The third-order valence-corrected chi connectivity index (χ3v) is 5.15. The quantitative estimate of drug-likeness (QED) is 0.850. The summed E-state index contributed by atoms with van der Waals surface area (Å²) in [5.41, 5.74) is 1.10. The van der Waals surface area contributed by atoms with Gasteiger partial charge in [-0.1, -0.05) is 12.1 Å². The number of ether oxygens (including phenoxy) is 1. The van der Waals surface area contributed by atoms with Gasteiger partial charge in [0.05, 0.1) is 24.8 Å². The second-order valence-corrected chi connectivity index (χ2v) is 6.55. The van der Waals surface area contributed by atoms with Crippen LogP contribution in [0.3, 0.4) is 0 Å². The Kier molecular flexibility index (Phi) is 4.57. The molecule has 5 nitrogen and oxygen atoms in total. The lowest BCUT2D eigenvalue weighted by Crippen LogP contribution is -2.40. The van der Waals surface area contributed by atoms with Crippen molar-refractivity contribution in [3.8, 4) is 5.75 Å². The molecule has 2 aliphatic rings. The Hall–Kier alpha value is -1.69. The maximum Gasteiger partial charge on any atom is 0.242 e. The maximum absolute atomic E-state index is 12.6. The standard InChI is InChI=1S/C16H20N2O3S/c1-21-13-5-2-4-12(8-13)14-6-3-7-18(14)15(19)9-17-11-22-10-16(17)20/h2,4-5,8,14H,3,6-7,9-11H2,1H3. The first-order valence-electron chi connectivity index (χ1n) is 7.48. The molecule has 2 heterocycles. The Morgan fingerprint density at radius 2 is 2.32 bits per heavy atom. The first-order valence-corrected chi connectivity index (χ1v) is 8.63. The Labute approximate surface area is 134 Å². The van der Waals surface area contributed by atoms with Gasteiger partial charge in [0, 0.05) is 6.54 Å². The Balaban J connectivity index is 1.72. The van der Waals surface area contributed by atoms with Crippen molar-refractivity contribution < 1.29 is 14.3 Å². The highest BCUT2D eigenvalue weighted by Gasteiger charge is 2.32. The number of methoxy groups -OCH3 is 1. The normalized spacial score (nSPS) is 21.5. The molecular weight excluding hydrogens is 300 g/mol. The van der Waals surface area contributed by atoms with Crippen LogP contribution in [0.4, 0.5) is 0 Å². The van der Waals surface area contributed by atoms with Crippen LogP contribution in [0, 0.1) is 0 Å². The molecule has 0 spiro atoms. The SMILES string of the molecule is COc1cccc(C2CCCN2C(=O)CN2CSCC2=O)c1. The van der Waals surface area contributed by atoms with Gasteiger partial charge in [-0.05, 0) is 30.5 Å². The minimum absolute atomic E-state index is 0.0427. The minimum atomic E-state index is 0.0427. The number of rotatable bonds is 4. The Morgan fingerprint density at radius 1 is 1.45 bits per heavy atom. The summed E-state index contributed by atoms with van der Waals surface area (Å²) in [4.78, 5) is 27.8. The average Bonchev–Trinajstić information content (AvgIpc) is 3.17. The summed E-state index contributed by atoms with van der Waals surface area (Å²) >= 11 is 1.57. The zero-order chi connectivity index (χ0) is 15.5. The zero-order valence-electron chi connectivity index (χ0n) is 12.7. The number of carbonyl (C=O) groups is 2. The number of hydrogen-bond acceptors (Lipinski definition) is 4. The van der Waals surface area contributed by atoms with Gasteiger partial charge in [-0.2, -0.15) is 0 Å². The summed E-state index contributed by atoms with van der Waals surface area (Å²) in [6.07, 6.45) is 1.96. The molecule has 1 aromatic carbocycles. The van der Waals surface area contributed by atoms with E-state index >= 15 is 0 Å². The average molecular weight is 320 g/mol. The fourth-order valence-electron chi connectivity index (χ4n) is 3.05. The van der Waals surface area contributed by atoms with Crippen LogP contribution in [0.15, 0.2) is 24.3 Å².